The Morgan fingerprint density at radius 2 is 2.12 bits per heavy atom. The minimum absolute atomic E-state index is 0.0293. The average molecular weight is 284 g/mol. The molecule has 1 fully saturated rings. The molecule has 0 aliphatic heterocycles. The molecule has 0 spiro atoms. The number of alkyl halides is 1. The summed E-state index contributed by atoms with van der Waals surface area (Å²) in [6, 6.07) is 0.147. The molecule has 0 aromatic heterocycles. The van der Waals surface area contributed by atoms with Gasteiger partial charge in [-0.1, -0.05) is 13.3 Å². The van der Waals surface area contributed by atoms with Gasteiger partial charge in [0.2, 0.25) is 10.0 Å². The Labute approximate surface area is 109 Å². The first-order valence-electron chi connectivity index (χ1n) is 6.17. The first-order valence-corrected chi connectivity index (χ1v) is 8.32. The van der Waals surface area contributed by atoms with Crippen LogP contribution >= 0.6 is 11.6 Å². The maximum absolute atomic E-state index is 12.2. The van der Waals surface area contributed by atoms with E-state index in [1.54, 1.807) is 4.31 Å². The first kappa shape index (κ1) is 15.2. The third-order valence-corrected chi connectivity index (χ3v) is 5.85. The van der Waals surface area contributed by atoms with Gasteiger partial charge in [0.25, 0.3) is 0 Å². The monoisotopic (exact) mass is 283 g/mol. The van der Waals surface area contributed by atoms with Crippen molar-refractivity contribution in [3.05, 3.63) is 0 Å². The van der Waals surface area contributed by atoms with Gasteiger partial charge >= 0.3 is 0 Å². The number of sulfonamides is 1. The average Bonchev–Trinajstić information content (AvgIpc) is 2.20. The maximum atomic E-state index is 12.2. The molecule has 0 amide bonds. The number of aliphatic hydroxyl groups excluding tert-OH is 1. The first-order chi connectivity index (χ1) is 8.01. The Balaban J connectivity index is 2.66. The SMILES string of the molecule is CC(CCl)CS(=O)(=O)N(CCCO)C1CCC1. The predicted octanol–water partition coefficient (Wildman–Crippen LogP) is 1.43. The van der Waals surface area contributed by atoms with Crippen LogP contribution < -0.4 is 0 Å². The molecule has 1 unspecified atom stereocenters. The highest BCUT2D eigenvalue weighted by molar-refractivity contribution is 7.89. The Hall–Kier alpha value is 0.160. The number of rotatable bonds is 8. The van der Waals surface area contributed by atoms with Gasteiger partial charge in [0, 0.05) is 25.1 Å². The zero-order valence-electron chi connectivity index (χ0n) is 10.3. The Morgan fingerprint density at radius 3 is 2.53 bits per heavy atom. The molecule has 1 aliphatic rings. The molecule has 4 nitrogen and oxygen atoms in total. The highest BCUT2D eigenvalue weighted by Crippen LogP contribution is 2.28. The third kappa shape index (κ3) is 4.39. The Kier molecular flexibility index (Phi) is 6.20. The summed E-state index contributed by atoms with van der Waals surface area (Å²) in [5.74, 6) is 0.439. The van der Waals surface area contributed by atoms with E-state index in [0.717, 1.165) is 19.3 Å². The lowest BCUT2D eigenvalue weighted by Crippen LogP contribution is -2.46. The van der Waals surface area contributed by atoms with Crippen molar-refractivity contribution in [3.8, 4) is 0 Å². The summed E-state index contributed by atoms with van der Waals surface area (Å²) < 4.78 is 26.0. The molecule has 17 heavy (non-hydrogen) atoms. The summed E-state index contributed by atoms with van der Waals surface area (Å²) in [6.07, 6.45) is 3.49. The van der Waals surface area contributed by atoms with Crippen LogP contribution in [0.15, 0.2) is 0 Å². The van der Waals surface area contributed by atoms with Crippen molar-refractivity contribution in [3.63, 3.8) is 0 Å². The second kappa shape index (κ2) is 6.92. The summed E-state index contributed by atoms with van der Waals surface area (Å²) in [5, 5.41) is 8.84. The minimum Gasteiger partial charge on any atom is -0.396 e. The number of aliphatic hydroxyl groups is 1. The Morgan fingerprint density at radius 1 is 1.47 bits per heavy atom. The van der Waals surface area contributed by atoms with E-state index in [4.69, 9.17) is 16.7 Å². The van der Waals surface area contributed by atoms with Crippen LogP contribution in [0.5, 0.6) is 0 Å². The van der Waals surface area contributed by atoms with Gasteiger partial charge in [-0.2, -0.15) is 4.31 Å². The fraction of sp³-hybridized carbons (Fsp3) is 1.00. The van der Waals surface area contributed by atoms with Crippen molar-refractivity contribution in [2.24, 2.45) is 5.92 Å². The molecule has 1 aliphatic carbocycles. The fourth-order valence-electron chi connectivity index (χ4n) is 1.95. The highest BCUT2D eigenvalue weighted by atomic mass is 35.5. The van der Waals surface area contributed by atoms with Crippen molar-refractivity contribution in [2.45, 2.75) is 38.6 Å². The van der Waals surface area contributed by atoms with E-state index in [1.165, 1.54) is 0 Å². The van der Waals surface area contributed by atoms with Crippen molar-refractivity contribution in [1.82, 2.24) is 4.31 Å². The van der Waals surface area contributed by atoms with Crippen LogP contribution in [0.2, 0.25) is 0 Å². The third-order valence-electron chi connectivity index (χ3n) is 3.13. The van der Waals surface area contributed by atoms with Crippen molar-refractivity contribution in [2.75, 3.05) is 24.8 Å². The number of nitrogens with zero attached hydrogens (tertiary/aromatic N) is 1. The van der Waals surface area contributed by atoms with Gasteiger partial charge in [-0.25, -0.2) is 8.42 Å². The van der Waals surface area contributed by atoms with Gasteiger partial charge in [0.15, 0.2) is 0 Å². The summed E-state index contributed by atoms with van der Waals surface area (Å²) in [4.78, 5) is 0. The zero-order valence-corrected chi connectivity index (χ0v) is 11.9. The van der Waals surface area contributed by atoms with Crippen LogP contribution in [0.4, 0.5) is 0 Å². The second-order valence-corrected chi connectivity index (χ2v) is 7.09. The second-order valence-electron chi connectivity index (χ2n) is 4.81. The van der Waals surface area contributed by atoms with Crippen molar-refractivity contribution >= 4 is 21.6 Å². The molecule has 6 heteroatoms. The van der Waals surface area contributed by atoms with E-state index in [1.807, 2.05) is 6.92 Å². The lowest BCUT2D eigenvalue weighted by molar-refractivity contribution is 0.198. The van der Waals surface area contributed by atoms with Crippen molar-refractivity contribution in [1.29, 1.82) is 0 Å². The van der Waals surface area contributed by atoms with Crippen LogP contribution in [0.3, 0.4) is 0 Å². The quantitative estimate of drug-likeness (QED) is 0.686. The van der Waals surface area contributed by atoms with Crippen LogP contribution in [-0.2, 0) is 10.0 Å². The van der Waals surface area contributed by atoms with Gasteiger partial charge in [-0.05, 0) is 25.2 Å². The van der Waals surface area contributed by atoms with E-state index in [-0.39, 0.29) is 24.3 Å². The number of hydrogen-bond acceptors (Lipinski definition) is 3. The molecule has 1 N–H and O–H groups in total. The predicted molar refractivity (Wildman–Crippen MR) is 69.7 cm³/mol. The number of halogens is 1. The van der Waals surface area contributed by atoms with E-state index >= 15 is 0 Å². The van der Waals surface area contributed by atoms with Gasteiger partial charge in [-0.3, -0.25) is 0 Å². The highest BCUT2D eigenvalue weighted by Gasteiger charge is 2.33. The maximum Gasteiger partial charge on any atom is 0.214 e. The fourth-order valence-corrected chi connectivity index (χ4v) is 4.29. The summed E-state index contributed by atoms with van der Waals surface area (Å²) in [6.45, 7) is 2.30. The molecule has 1 saturated carbocycles. The Bertz CT molecular complexity index is 317. The molecule has 0 bridgehead atoms. The lowest BCUT2D eigenvalue weighted by atomic mass is 9.93. The van der Waals surface area contributed by atoms with Crippen LogP contribution in [-0.4, -0.2) is 48.7 Å². The molecular weight excluding hydrogens is 262 g/mol. The van der Waals surface area contributed by atoms with E-state index in [2.05, 4.69) is 0 Å². The molecule has 0 radical (unpaired) electrons. The normalized spacial score (nSPS) is 19.3. The van der Waals surface area contributed by atoms with Crippen LogP contribution in [0, 0.1) is 5.92 Å². The molecule has 1 rings (SSSR count). The summed E-state index contributed by atoms with van der Waals surface area (Å²) >= 11 is 5.67. The molecule has 0 saturated heterocycles. The summed E-state index contributed by atoms with van der Waals surface area (Å²) in [7, 11) is -3.23. The number of hydrogen-bond donors (Lipinski definition) is 1. The minimum atomic E-state index is -3.23. The van der Waals surface area contributed by atoms with Gasteiger partial charge in [0.05, 0.1) is 5.75 Å². The molecular formula is C11H22ClNO3S. The molecule has 0 aromatic carbocycles. The topological polar surface area (TPSA) is 57.6 Å². The van der Waals surface area contributed by atoms with Gasteiger partial charge < -0.3 is 5.11 Å². The van der Waals surface area contributed by atoms with Gasteiger partial charge in [-0.15, -0.1) is 11.6 Å². The van der Waals surface area contributed by atoms with Crippen molar-refractivity contribution < 1.29 is 13.5 Å². The van der Waals surface area contributed by atoms with Crippen LogP contribution in [0.25, 0.3) is 0 Å². The van der Waals surface area contributed by atoms with Gasteiger partial charge in [0.1, 0.15) is 0 Å². The zero-order chi connectivity index (χ0) is 12.9. The lowest BCUT2D eigenvalue weighted by Gasteiger charge is -2.37. The molecule has 1 atom stereocenters. The molecule has 0 aromatic rings. The summed E-state index contributed by atoms with van der Waals surface area (Å²) in [5.41, 5.74) is 0. The smallest absolute Gasteiger partial charge is 0.214 e. The van der Waals surface area contributed by atoms with E-state index in [0.29, 0.717) is 18.8 Å². The standard InChI is InChI=1S/C11H22ClNO3S/c1-10(8-12)9-17(15,16)13(6-3-7-14)11-4-2-5-11/h10-11,14H,2-9H2,1H3. The van der Waals surface area contributed by atoms with E-state index in [9.17, 15) is 8.42 Å². The largest absolute Gasteiger partial charge is 0.396 e. The van der Waals surface area contributed by atoms with Crippen LogP contribution in [0.1, 0.15) is 32.6 Å². The molecule has 102 valence electrons. The van der Waals surface area contributed by atoms with E-state index < -0.39 is 10.0 Å². The molecule has 0 heterocycles.